The number of hydrogen-bond acceptors (Lipinski definition) is 2. The lowest BCUT2D eigenvalue weighted by molar-refractivity contribution is 0.413. The van der Waals surface area contributed by atoms with Gasteiger partial charge >= 0.3 is 0 Å². The van der Waals surface area contributed by atoms with Crippen molar-refractivity contribution in [3.8, 4) is 5.75 Å². The zero-order valence-electron chi connectivity index (χ0n) is 13.5. The summed E-state index contributed by atoms with van der Waals surface area (Å²) < 4.78 is 5.33. The second-order valence-corrected chi connectivity index (χ2v) is 7.23. The summed E-state index contributed by atoms with van der Waals surface area (Å²) in [5.41, 5.74) is 4.36. The van der Waals surface area contributed by atoms with Crippen molar-refractivity contribution in [2.75, 3.05) is 7.11 Å². The molecular formula is C20H24OS. The van der Waals surface area contributed by atoms with Crippen LogP contribution >= 0.6 is 11.8 Å². The number of thioether (sulfide) groups is 1. The molecule has 0 bridgehead atoms. The van der Waals surface area contributed by atoms with E-state index >= 15 is 0 Å². The highest BCUT2D eigenvalue weighted by atomic mass is 32.2. The molecule has 0 N–H and O–H groups in total. The maximum absolute atomic E-state index is 5.33. The van der Waals surface area contributed by atoms with Crippen molar-refractivity contribution in [2.45, 2.75) is 49.2 Å². The van der Waals surface area contributed by atoms with Gasteiger partial charge in [0.1, 0.15) is 5.75 Å². The second kappa shape index (κ2) is 7.23. The van der Waals surface area contributed by atoms with Crippen molar-refractivity contribution >= 4 is 11.8 Å². The zero-order valence-corrected chi connectivity index (χ0v) is 14.3. The van der Waals surface area contributed by atoms with Gasteiger partial charge in [-0.05, 0) is 48.1 Å². The summed E-state index contributed by atoms with van der Waals surface area (Å²) in [6.07, 6.45) is 6.26. The highest BCUT2D eigenvalue weighted by Crippen LogP contribution is 2.47. The molecule has 1 atom stereocenters. The topological polar surface area (TPSA) is 9.23 Å². The molecule has 1 unspecified atom stereocenters. The van der Waals surface area contributed by atoms with Gasteiger partial charge in [0, 0.05) is 10.1 Å². The van der Waals surface area contributed by atoms with Gasteiger partial charge in [0.25, 0.3) is 0 Å². The normalized spacial score (nSPS) is 16.5. The summed E-state index contributed by atoms with van der Waals surface area (Å²) in [5, 5.41) is 0.548. The largest absolute Gasteiger partial charge is 0.497 e. The molecule has 2 aromatic carbocycles. The van der Waals surface area contributed by atoms with Crippen LogP contribution in [0.2, 0.25) is 0 Å². The van der Waals surface area contributed by atoms with Gasteiger partial charge in [-0.25, -0.2) is 0 Å². The van der Waals surface area contributed by atoms with E-state index in [9.17, 15) is 0 Å². The molecule has 1 nitrogen and oxygen atoms in total. The molecule has 1 aliphatic heterocycles. The first-order valence-electron chi connectivity index (χ1n) is 8.22. The predicted octanol–water partition coefficient (Wildman–Crippen LogP) is 5.82. The van der Waals surface area contributed by atoms with Crippen LogP contribution in [0.15, 0.2) is 47.4 Å². The Balaban J connectivity index is 1.66. The van der Waals surface area contributed by atoms with E-state index < -0.39 is 0 Å². The Bertz CT molecular complexity index is 618. The highest BCUT2D eigenvalue weighted by molar-refractivity contribution is 7.99. The fourth-order valence-corrected chi connectivity index (χ4v) is 4.35. The monoisotopic (exact) mass is 312 g/mol. The molecule has 0 amide bonds. The number of rotatable bonds is 6. The summed E-state index contributed by atoms with van der Waals surface area (Å²) in [6, 6.07) is 15.7. The van der Waals surface area contributed by atoms with E-state index in [4.69, 9.17) is 4.74 Å². The van der Waals surface area contributed by atoms with Crippen LogP contribution in [-0.4, -0.2) is 7.11 Å². The van der Waals surface area contributed by atoms with Crippen LogP contribution in [0.5, 0.6) is 5.75 Å². The van der Waals surface area contributed by atoms with Gasteiger partial charge in [-0.15, -0.1) is 11.8 Å². The van der Waals surface area contributed by atoms with Gasteiger partial charge < -0.3 is 4.74 Å². The van der Waals surface area contributed by atoms with Gasteiger partial charge in [-0.3, -0.25) is 0 Å². The molecule has 3 rings (SSSR count). The zero-order chi connectivity index (χ0) is 15.4. The average molecular weight is 312 g/mol. The molecule has 0 spiro atoms. The molecule has 22 heavy (non-hydrogen) atoms. The summed E-state index contributed by atoms with van der Waals surface area (Å²) in [4.78, 5) is 1.37. The SMILES string of the molecule is CCCCCc1ccc(C2Cc3ccc(OC)cc3S2)cc1. The minimum atomic E-state index is 0.548. The third kappa shape index (κ3) is 3.49. The minimum Gasteiger partial charge on any atom is -0.497 e. The average Bonchev–Trinajstić information content (AvgIpc) is 2.98. The third-order valence-corrected chi connectivity index (χ3v) is 5.73. The molecule has 0 saturated heterocycles. The molecule has 0 fully saturated rings. The van der Waals surface area contributed by atoms with E-state index in [-0.39, 0.29) is 0 Å². The number of hydrogen-bond donors (Lipinski definition) is 0. The van der Waals surface area contributed by atoms with Crippen molar-refractivity contribution in [2.24, 2.45) is 0 Å². The summed E-state index contributed by atoms with van der Waals surface area (Å²) >= 11 is 1.97. The van der Waals surface area contributed by atoms with Crippen molar-refractivity contribution in [3.63, 3.8) is 0 Å². The Morgan fingerprint density at radius 2 is 1.91 bits per heavy atom. The molecule has 1 aliphatic rings. The van der Waals surface area contributed by atoms with Crippen LogP contribution in [0.1, 0.15) is 48.1 Å². The Labute approximate surface area is 138 Å². The van der Waals surface area contributed by atoms with Crippen molar-refractivity contribution in [1.82, 2.24) is 0 Å². The number of aryl methyl sites for hydroxylation is 1. The molecule has 0 aromatic heterocycles. The van der Waals surface area contributed by atoms with E-state index in [2.05, 4.69) is 49.4 Å². The lowest BCUT2D eigenvalue weighted by Crippen LogP contribution is -1.93. The maximum Gasteiger partial charge on any atom is 0.119 e. The Morgan fingerprint density at radius 3 is 2.64 bits per heavy atom. The summed E-state index contributed by atoms with van der Waals surface area (Å²) in [6.45, 7) is 2.26. The number of ether oxygens (including phenoxy) is 1. The first-order valence-corrected chi connectivity index (χ1v) is 9.10. The quantitative estimate of drug-likeness (QED) is 0.622. The molecule has 0 radical (unpaired) electrons. The van der Waals surface area contributed by atoms with E-state index in [1.165, 1.54) is 47.3 Å². The first kappa shape index (κ1) is 15.5. The highest BCUT2D eigenvalue weighted by Gasteiger charge is 2.24. The molecule has 2 heteroatoms. The van der Waals surface area contributed by atoms with E-state index in [0.29, 0.717) is 5.25 Å². The van der Waals surface area contributed by atoms with E-state index in [0.717, 1.165) is 12.2 Å². The number of fused-ring (bicyclic) bond motifs is 1. The molecule has 0 aliphatic carbocycles. The van der Waals surface area contributed by atoms with Crippen LogP contribution in [0.25, 0.3) is 0 Å². The van der Waals surface area contributed by atoms with Crippen LogP contribution in [-0.2, 0) is 12.8 Å². The second-order valence-electron chi connectivity index (χ2n) is 5.98. The van der Waals surface area contributed by atoms with Crippen molar-refractivity contribution in [3.05, 3.63) is 59.2 Å². The number of benzene rings is 2. The van der Waals surface area contributed by atoms with Gasteiger partial charge in [-0.1, -0.05) is 50.1 Å². The van der Waals surface area contributed by atoms with Crippen molar-refractivity contribution in [1.29, 1.82) is 0 Å². The molecule has 1 heterocycles. The standard InChI is InChI=1S/C20H24OS/c1-3-4-5-6-15-7-9-16(10-8-15)19-13-17-11-12-18(21-2)14-20(17)22-19/h7-12,14,19H,3-6,13H2,1-2H3. The number of methoxy groups -OCH3 is 1. The first-order chi connectivity index (χ1) is 10.8. The Kier molecular flexibility index (Phi) is 5.09. The molecule has 116 valence electrons. The van der Waals surface area contributed by atoms with Crippen LogP contribution in [0, 0.1) is 0 Å². The minimum absolute atomic E-state index is 0.548. The van der Waals surface area contributed by atoms with Gasteiger partial charge in [0.2, 0.25) is 0 Å². The lowest BCUT2D eigenvalue weighted by atomic mass is 10.0. The van der Waals surface area contributed by atoms with Crippen LogP contribution in [0.4, 0.5) is 0 Å². The fourth-order valence-electron chi connectivity index (χ4n) is 3.00. The van der Waals surface area contributed by atoms with Gasteiger partial charge in [0.15, 0.2) is 0 Å². The van der Waals surface area contributed by atoms with Crippen molar-refractivity contribution < 1.29 is 4.74 Å². The lowest BCUT2D eigenvalue weighted by Gasteiger charge is -2.10. The van der Waals surface area contributed by atoms with E-state index in [1.54, 1.807) is 7.11 Å². The third-order valence-electron chi connectivity index (χ3n) is 4.37. The molecule has 0 saturated carbocycles. The molecule has 2 aromatic rings. The van der Waals surface area contributed by atoms with Gasteiger partial charge in [0.05, 0.1) is 7.11 Å². The Morgan fingerprint density at radius 1 is 1.09 bits per heavy atom. The summed E-state index contributed by atoms with van der Waals surface area (Å²) in [5.74, 6) is 0.957. The Hall–Kier alpha value is -1.41. The predicted molar refractivity (Wildman–Crippen MR) is 95.0 cm³/mol. The number of unbranched alkanes of at least 4 members (excludes halogenated alkanes) is 2. The molecular weight excluding hydrogens is 288 g/mol. The van der Waals surface area contributed by atoms with Crippen LogP contribution in [0.3, 0.4) is 0 Å². The smallest absolute Gasteiger partial charge is 0.119 e. The fraction of sp³-hybridized carbons (Fsp3) is 0.400. The van der Waals surface area contributed by atoms with Gasteiger partial charge in [-0.2, -0.15) is 0 Å². The summed E-state index contributed by atoms with van der Waals surface area (Å²) in [7, 11) is 1.73. The maximum atomic E-state index is 5.33. The van der Waals surface area contributed by atoms with Crippen LogP contribution < -0.4 is 4.74 Å². The van der Waals surface area contributed by atoms with E-state index in [1.807, 2.05) is 11.8 Å².